The van der Waals surface area contributed by atoms with Crippen LogP contribution in [0.25, 0.3) is 0 Å². The summed E-state index contributed by atoms with van der Waals surface area (Å²) >= 11 is 5.68. The highest BCUT2D eigenvalue weighted by molar-refractivity contribution is 7.95. The quantitative estimate of drug-likeness (QED) is 0.801. The Hall–Kier alpha value is -2.57. The highest BCUT2D eigenvalue weighted by Gasteiger charge is 2.30. The van der Waals surface area contributed by atoms with Gasteiger partial charge in [-0.25, -0.2) is 13.4 Å². The van der Waals surface area contributed by atoms with Gasteiger partial charge in [-0.1, -0.05) is 11.6 Å². The normalized spacial score (nSPS) is 12.5. The van der Waals surface area contributed by atoms with Crippen molar-refractivity contribution < 1.29 is 21.6 Å². The Morgan fingerprint density at radius 1 is 1.24 bits per heavy atom. The van der Waals surface area contributed by atoms with Gasteiger partial charge in [0.15, 0.2) is 4.91 Å². The van der Waals surface area contributed by atoms with Crippen molar-refractivity contribution in [3.8, 4) is 6.07 Å². The largest absolute Gasteiger partial charge is 0.416 e. The van der Waals surface area contributed by atoms with Gasteiger partial charge in [0.05, 0.1) is 10.5 Å². The van der Waals surface area contributed by atoms with Crippen molar-refractivity contribution >= 4 is 27.3 Å². The van der Waals surface area contributed by atoms with Gasteiger partial charge in [0.2, 0.25) is 9.84 Å². The second-order valence-corrected chi connectivity index (χ2v) is 7.00. The Bertz CT molecular complexity index is 949. The van der Waals surface area contributed by atoms with Gasteiger partial charge in [-0.05, 0) is 36.4 Å². The molecule has 0 atom stereocenters. The Morgan fingerprint density at radius 2 is 1.88 bits per heavy atom. The Balaban J connectivity index is 2.32. The lowest BCUT2D eigenvalue weighted by atomic mass is 10.2. The first kappa shape index (κ1) is 18.8. The van der Waals surface area contributed by atoms with E-state index in [2.05, 4.69) is 10.3 Å². The molecule has 0 saturated heterocycles. The van der Waals surface area contributed by atoms with Crippen LogP contribution in [-0.2, 0) is 16.0 Å². The van der Waals surface area contributed by atoms with Gasteiger partial charge in [0.25, 0.3) is 0 Å². The van der Waals surface area contributed by atoms with Crippen molar-refractivity contribution in [3.05, 3.63) is 64.3 Å². The first-order chi connectivity index (χ1) is 11.6. The first-order valence-corrected chi connectivity index (χ1v) is 8.41. The zero-order valence-corrected chi connectivity index (χ0v) is 13.8. The van der Waals surface area contributed by atoms with Gasteiger partial charge in [-0.2, -0.15) is 18.4 Å². The predicted octanol–water partition coefficient (Wildman–Crippen LogP) is 4.00. The average Bonchev–Trinajstić information content (AvgIpc) is 2.55. The number of aromatic nitrogens is 1. The minimum absolute atomic E-state index is 0.177. The van der Waals surface area contributed by atoms with Crippen LogP contribution in [0.15, 0.2) is 58.6 Å². The molecule has 1 N–H and O–H groups in total. The van der Waals surface area contributed by atoms with Crippen LogP contribution in [0.2, 0.25) is 5.02 Å². The van der Waals surface area contributed by atoms with Crippen LogP contribution >= 0.6 is 11.6 Å². The smallest absolute Gasteiger partial charge is 0.345 e. The summed E-state index contributed by atoms with van der Waals surface area (Å²) in [6, 6.07) is 8.07. The van der Waals surface area contributed by atoms with E-state index < -0.39 is 26.5 Å². The molecule has 0 amide bonds. The van der Waals surface area contributed by atoms with Crippen LogP contribution in [0, 0.1) is 11.3 Å². The molecular weight excluding hydrogens is 379 g/mol. The lowest BCUT2D eigenvalue weighted by molar-refractivity contribution is -0.137. The summed E-state index contributed by atoms with van der Waals surface area (Å²) in [4.78, 5) is 2.78. The molecule has 0 aliphatic heterocycles. The van der Waals surface area contributed by atoms with Crippen molar-refractivity contribution in [2.75, 3.05) is 5.32 Å². The molecule has 0 spiro atoms. The molecule has 10 heteroatoms. The molecule has 0 radical (unpaired) electrons. The molecule has 2 rings (SSSR count). The number of sulfone groups is 1. The number of nitrogens with one attached hydrogen (secondary N) is 1. The number of hydrogen-bond acceptors (Lipinski definition) is 5. The van der Waals surface area contributed by atoms with Crippen molar-refractivity contribution in [1.29, 1.82) is 5.26 Å². The second-order valence-electron chi connectivity index (χ2n) is 4.65. The van der Waals surface area contributed by atoms with Crippen LogP contribution in [0.5, 0.6) is 0 Å². The maximum atomic E-state index is 12.6. The van der Waals surface area contributed by atoms with Gasteiger partial charge in [-0.15, -0.1) is 0 Å². The lowest BCUT2D eigenvalue weighted by Crippen LogP contribution is -2.08. The number of nitriles is 1. The molecule has 1 aromatic carbocycles. The highest BCUT2D eigenvalue weighted by atomic mass is 35.5. The van der Waals surface area contributed by atoms with E-state index in [1.165, 1.54) is 30.3 Å². The van der Waals surface area contributed by atoms with Crippen LogP contribution in [-0.4, -0.2) is 13.4 Å². The number of pyridine rings is 1. The summed E-state index contributed by atoms with van der Waals surface area (Å²) in [5.74, 6) is -0.256. The molecule has 0 saturated carbocycles. The van der Waals surface area contributed by atoms with Crippen molar-refractivity contribution in [2.45, 2.75) is 11.1 Å². The SMILES string of the molecule is N#C/C(=C\Nc1cc(C(F)(F)F)ccn1)S(=O)(=O)c1ccc(Cl)cc1. The number of benzene rings is 1. The molecule has 1 heterocycles. The summed E-state index contributed by atoms with van der Waals surface area (Å²) in [7, 11) is -4.15. The zero-order valence-electron chi connectivity index (χ0n) is 12.2. The number of nitrogens with zero attached hydrogens (tertiary/aromatic N) is 2. The molecule has 0 aliphatic carbocycles. The number of alkyl halides is 3. The van der Waals surface area contributed by atoms with Crippen LogP contribution in [0.1, 0.15) is 5.56 Å². The minimum Gasteiger partial charge on any atom is -0.345 e. The second kappa shape index (κ2) is 7.13. The van der Waals surface area contributed by atoms with Gasteiger partial charge in [-0.3, -0.25) is 0 Å². The van der Waals surface area contributed by atoms with Gasteiger partial charge in [0, 0.05) is 17.4 Å². The average molecular weight is 388 g/mol. The van der Waals surface area contributed by atoms with Gasteiger partial charge in [0.1, 0.15) is 11.9 Å². The third kappa shape index (κ3) is 4.49. The Morgan fingerprint density at radius 3 is 2.44 bits per heavy atom. The topological polar surface area (TPSA) is 82.8 Å². The number of hydrogen-bond donors (Lipinski definition) is 1. The van der Waals surface area contributed by atoms with E-state index in [9.17, 15) is 21.6 Å². The molecule has 0 aliphatic rings. The fraction of sp³-hybridized carbons (Fsp3) is 0.0667. The number of anilines is 1. The maximum absolute atomic E-state index is 12.6. The number of allylic oxidation sites excluding steroid dienone is 1. The summed E-state index contributed by atoms with van der Waals surface area (Å²) < 4.78 is 62.6. The standard InChI is InChI=1S/C15H9ClF3N3O2S/c16-11-1-3-12(4-2-11)25(23,24)13(8-20)9-22-14-7-10(5-6-21-14)15(17,18)19/h1-7,9H,(H,21,22)/b13-9+. The van der Waals surface area contributed by atoms with Crippen LogP contribution < -0.4 is 5.32 Å². The maximum Gasteiger partial charge on any atom is 0.416 e. The molecule has 0 unspecified atom stereocenters. The minimum atomic E-state index is -4.57. The van der Waals surface area contributed by atoms with E-state index in [4.69, 9.17) is 16.9 Å². The van der Waals surface area contributed by atoms with E-state index in [1.54, 1.807) is 0 Å². The molecule has 0 bridgehead atoms. The van der Waals surface area contributed by atoms with Crippen molar-refractivity contribution in [3.63, 3.8) is 0 Å². The zero-order chi connectivity index (χ0) is 18.7. The molecule has 1 aromatic heterocycles. The molecule has 0 fully saturated rings. The summed E-state index contributed by atoms with van der Waals surface area (Å²) in [5, 5.41) is 11.7. The molecular formula is C15H9ClF3N3O2S. The van der Waals surface area contributed by atoms with Crippen LogP contribution in [0.3, 0.4) is 0 Å². The van der Waals surface area contributed by atoms with E-state index in [0.717, 1.165) is 18.5 Å². The van der Waals surface area contributed by atoms with Gasteiger partial charge >= 0.3 is 6.18 Å². The van der Waals surface area contributed by atoms with Crippen LogP contribution in [0.4, 0.5) is 19.0 Å². The van der Waals surface area contributed by atoms with E-state index in [1.807, 2.05) is 0 Å². The summed E-state index contributed by atoms with van der Waals surface area (Å²) in [6.07, 6.45) is -2.87. The fourth-order valence-electron chi connectivity index (χ4n) is 1.74. The Labute approximate surface area is 146 Å². The number of rotatable bonds is 4. The first-order valence-electron chi connectivity index (χ1n) is 6.55. The summed E-state index contributed by atoms with van der Waals surface area (Å²) in [6.45, 7) is 0. The molecule has 2 aromatic rings. The number of halogens is 4. The lowest BCUT2D eigenvalue weighted by Gasteiger charge is -2.08. The van der Waals surface area contributed by atoms with E-state index in [0.29, 0.717) is 11.1 Å². The van der Waals surface area contributed by atoms with Crippen molar-refractivity contribution in [1.82, 2.24) is 4.98 Å². The third-order valence-corrected chi connectivity index (χ3v) is 4.89. The molecule has 5 nitrogen and oxygen atoms in total. The summed E-state index contributed by atoms with van der Waals surface area (Å²) in [5.41, 5.74) is -0.961. The molecule has 130 valence electrons. The fourth-order valence-corrected chi connectivity index (χ4v) is 2.94. The highest BCUT2D eigenvalue weighted by Crippen LogP contribution is 2.30. The monoisotopic (exact) mass is 387 g/mol. The third-order valence-electron chi connectivity index (χ3n) is 2.96. The van der Waals surface area contributed by atoms with Crippen molar-refractivity contribution in [2.24, 2.45) is 0 Å². The van der Waals surface area contributed by atoms with Gasteiger partial charge < -0.3 is 5.32 Å². The molecule has 25 heavy (non-hydrogen) atoms. The predicted molar refractivity (Wildman–Crippen MR) is 85.2 cm³/mol. The van der Waals surface area contributed by atoms with E-state index >= 15 is 0 Å². The Kier molecular flexibility index (Phi) is 5.35. The van der Waals surface area contributed by atoms with E-state index in [-0.39, 0.29) is 10.7 Å².